The average molecular weight is 650 g/mol. The van der Waals surface area contributed by atoms with Gasteiger partial charge in [0, 0.05) is 22.7 Å². The normalized spacial score (nSPS) is 24.4. The number of carboxylic acids is 2. The van der Waals surface area contributed by atoms with Gasteiger partial charge in [-0.25, -0.2) is 4.79 Å². The molecule has 0 aromatic heterocycles. The van der Waals surface area contributed by atoms with Crippen LogP contribution in [0.5, 0.6) is 0 Å². The Bertz CT molecular complexity index is 1130. The molecule has 0 aromatic carbocycles. The number of allylic oxidation sites excluding steroid dienone is 2. The predicted octanol–water partition coefficient (Wildman–Crippen LogP) is -2.86. The minimum Gasteiger partial charge on any atom is -0.480 e. The Morgan fingerprint density at radius 2 is 1.68 bits per heavy atom. The van der Waals surface area contributed by atoms with Crippen molar-refractivity contribution in [1.82, 2.24) is 10.6 Å². The third kappa shape index (κ3) is 12.3. The molecule has 17 nitrogen and oxygen atoms in total. The van der Waals surface area contributed by atoms with E-state index in [-0.39, 0.29) is 35.5 Å². The number of hydrogen-bond acceptors (Lipinski definition) is 14. The molecule has 1 aliphatic rings. The summed E-state index contributed by atoms with van der Waals surface area (Å²) in [6.07, 6.45) is -7.81. The third-order valence-electron chi connectivity index (χ3n) is 6.18. The Balaban J connectivity index is 3.06. The summed E-state index contributed by atoms with van der Waals surface area (Å²) in [4.78, 5) is 71.4. The van der Waals surface area contributed by atoms with Crippen LogP contribution in [0.15, 0.2) is 22.6 Å². The van der Waals surface area contributed by atoms with Gasteiger partial charge in [0.1, 0.15) is 43.0 Å². The van der Waals surface area contributed by atoms with Crippen molar-refractivity contribution in [1.29, 1.82) is 0 Å². The SMILES string of the molecule is CC/C(=C\C=C(\SCC(NC(=O)CCC(N)C(=O)O)C(=O)NCC(=O)O)C(C)O)C(=O)OC1OC(C(C)=O)[C@@H](O)[C@H](O)[C@H]1O. The average Bonchev–Trinajstić information content (AvgIpc) is 2.95. The summed E-state index contributed by atoms with van der Waals surface area (Å²) in [6, 6.07) is -2.62. The number of carbonyl (C=O) groups is 6. The Hall–Kier alpha value is -3.39. The van der Waals surface area contributed by atoms with E-state index < -0.39 is 90.9 Å². The summed E-state index contributed by atoms with van der Waals surface area (Å²) in [5.74, 6) is -6.15. The van der Waals surface area contributed by atoms with Gasteiger partial charge in [0.05, 0.1) is 6.10 Å². The molecule has 248 valence electrons. The molecule has 5 unspecified atom stereocenters. The number of aliphatic hydroxyl groups is 4. The van der Waals surface area contributed by atoms with Crippen molar-refractivity contribution in [2.24, 2.45) is 5.73 Å². The van der Waals surface area contributed by atoms with Crippen molar-refractivity contribution in [2.75, 3.05) is 12.3 Å². The van der Waals surface area contributed by atoms with Crippen LogP contribution in [-0.2, 0) is 38.2 Å². The number of ether oxygens (including phenoxy) is 2. The number of esters is 1. The molecule has 0 bridgehead atoms. The number of aliphatic carboxylic acids is 2. The molecular formula is C26H39N3O14S. The summed E-state index contributed by atoms with van der Waals surface area (Å²) >= 11 is 0.885. The van der Waals surface area contributed by atoms with Gasteiger partial charge in [-0.15, -0.1) is 11.8 Å². The summed E-state index contributed by atoms with van der Waals surface area (Å²) in [7, 11) is 0. The molecule has 0 aliphatic carbocycles. The highest BCUT2D eigenvalue weighted by molar-refractivity contribution is 8.03. The van der Waals surface area contributed by atoms with Crippen LogP contribution in [0.25, 0.3) is 0 Å². The fraction of sp³-hybridized carbons (Fsp3) is 0.615. The minimum absolute atomic E-state index is 0.00152. The minimum atomic E-state index is -1.86. The van der Waals surface area contributed by atoms with Crippen LogP contribution in [0.1, 0.15) is 40.0 Å². The van der Waals surface area contributed by atoms with Crippen LogP contribution in [0.3, 0.4) is 0 Å². The van der Waals surface area contributed by atoms with E-state index in [4.69, 9.17) is 25.4 Å². The van der Waals surface area contributed by atoms with Gasteiger partial charge in [0.15, 0.2) is 5.78 Å². The molecule has 1 fully saturated rings. The first kappa shape index (κ1) is 38.6. The van der Waals surface area contributed by atoms with Gasteiger partial charge in [-0.05, 0) is 32.8 Å². The lowest BCUT2D eigenvalue weighted by atomic mass is 9.97. The van der Waals surface area contributed by atoms with Crippen LogP contribution in [0, 0.1) is 0 Å². The monoisotopic (exact) mass is 649 g/mol. The molecule has 0 spiro atoms. The topological polar surface area (TPSA) is 292 Å². The molecule has 1 heterocycles. The first-order chi connectivity index (χ1) is 20.5. The summed E-state index contributed by atoms with van der Waals surface area (Å²) < 4.78 is 10.3. The van der Waals surface area contributed by atoms with Gasteiger partial charge in [-0.3, -0.25) is 24.0 Å². The Morgan fingerprint density at radius 1 is 1.05 bits per heavy atom. The fourth-order valence-electron chi connectivity index (χ4n) is 3.61. The summed E-state index contributed by atoms with van der Waals surface area (Å²) in [6.45, 7) is 3.30. The third-order valence-corrected chi connectivity index (χ3v) is 7.49. The molecule has 0 aromatic rings. The van der Waals surface area contributed by atoms with Crippen LogP contribution < -0.4 is 16.4 Å². The van der Waals surface area contributed by atoms with Crippen molar-refractivity contribution in [3.05, 3.63) is 22.6 Å². The van der Waals surface area contributed by atoms with Gasteiger partial charge >= 0.3 is 17.9 Å². The summed E-state index contributed by atoms with van der Waals surface area (Å²) in [5.41, 5.74) is 5.39. The predicted molar refractivity (Wildman–Crippen MR) is 151 cm³/mol. The number of nitrogens with one attached hydrogen (secondary N) is 2. The number of amides is 2. The van der Waals surface area contributed by atoms with E-state index in [1.807, 2.05) is 0 Å². The quantitative estimate of drug-likeness (QED) is 0.0435. The van der Waals surface area contributed by atoms with Crippen LogP contribution in [0.2, 0.25) is 0 Å². The van der Waals surface area contributed by atoms with Crippen LogP contribution in [-0.4, -0.2) is 127 Å². The van der Waals surface area contributed by atoms with E-state index in [1.165, 1.54) is 19.1 Å². The van der Waals surface area contributed by atoms with E-state index >= 15 is 0 Å². The Morgan fingerprint density at radius 3 is 2.20 bits per heavy atom. The highest BCUT2D eigenvalue weighted by Crippen LogP contribution is 2.25. The number of rotatable bonds is 17. The van der Waals surface area contributed by atoms with E-state index in [1.54, 1.807) is 6.92 Å². The van der Waals surface area contributed by atoms with Crippen molar-refractivity contribution in [3.63, 3.8) is 0 Å². The van der Waals surface area contributed by atoms with Crippen molar-refractivity contribution < 1.29 is 68.9 Å². The van der Waals surface area contributed by atoms with Crippen molar-refractivity contribution in [2.45, 2.75) is 88.9 Å². The first-order valence-corrected chi connectivity index (χ1v) is 14.4. The highest BCUT2D eigenvalue weighted by Gasteiger charge is 2.47. The number of Topliss-reactive ketones (excluding diaryl/α,β-unsaturated/α-hetero) is 1. The van der Waals surface area contributed by atoms with E-state index in [0.29, 0.717) is 0 Å². The maximum absolute atomic E-state index is 12.8. The van der Waals surface area contributed by atoms with Crippen LogP contribution >= 0.6 is 11.8 Å². The molecule has 18 heteroatoms. The zero-order chi connectivity index (χ0) is 33.7. The summed E-state index contributed by atoms with van der Waals surface area (Å²) in [5, 5.41) is 62.6. The molecule has 0 radical (unpaired) electrons. The molecule has 10 N–H and O–H groups in total. The lowest BCUT2D eigenvalue weighted by molar-refractivity contribution is -0.280. The van der Waals surface area contributed by atoms with Crippen molar-refractivity contribution in [3.8, 4) is 0 Å². The number of hydrogen-bond donors (Lipinski definition) is 9. The van der Waals surface area contributed by atoms with Crippen LogP contribution in [0.4, 0.5) is 0 Å². The van der Waals surface area contributed by atoms with Gasteiger partial charge in [-0.2, -0.15) is 0 Å². The number of aliphatic hydroxyl groups excluding tert-OH is 4. The zero-order valence-corrected chi connectivity index (χ0v) is 25.1. The molecule has 1 aliphatic heterocycles. The number of carboxylic acid groups (broad SMARTS) is 2. The second-order valence-electron chi connectivity index (χ2n) is 9.73. The zero-order valence-electron chi connectivity index (χ0n) is 24.2. The maximum Gasteiger partial charge on any atom is 0.336 e. The van der Waals surface area contributed by atoms with E-state index in [2.05, 4.69) is 10.6 Å². The fourth-order valence-corrected chi connectivity index (χ4v) is 4.61. The lowest BCUT2D eigenvalue weighted by Gasteiger charge is -2.38. The number of thioether (sulfide) groups is 1. The second kappa shape index (κ2) is 18.4. The molecule has 0 saturated carbocycles. The largest absolute Gasteiger partial charge is 0.480 e. The number of ketones is 1. The molecule has 2 amide bonds. The maximum atomic E-state index is 12.8. The molecule has 8 atom stereocenters. The number of nitrogens with two attached hydrogens (primary N) is 1. The molecular weight excluding hydrogens is 610 g/mol. The first-order valence-electron chi connectivity index (χ1n) is 13.4. The highest BCUT2D eigenvalue weighted by atomic mass is 32.2. The number of carbonyl (C=O) groups excluding carboxylic acids is 4. The van der Waals surface area contributed by atoms with Gasteiger partial charge in [0.25, 0.3) is 0 Å². The van der Waals surface area contributed by atoms with Gasteiger partial charge in [-0.1, -0.05) is 13.0 Å². The lowest BCUT2D eigenvalue weighted by Crippen LogP contribution is -2.60. The Labute approximate surface area is 256 Å². The smallest absolute Gasteiger partial charge is 0.336 e. The standard InChI is InChI=1S/C26H39N3O14S/c1-4-13(25(41)43-26-21(37)19(35)20(36)22(42-26)12(3)31)5-7-16(11(2)30)44-10-15(23(38)28-9-18(33)34)29-17(32)8-6-14(27)24(39)40/h5,7,11,14-15,19-22,26,30,35-37H,4,6,8-10,27H2,1-3H3,(H,28,38)(H,29,32)(H,33,34)(H,39,40)/b13-5+,16-7+/t11?,14?,15?,19-,20-,21+,22?,26?/m0/s1. The molecule has 44 heavy (non-hydrogen) atoms. The van der Waals surface area contributed by atoms with Crippen molar-refractivity contribution >= 4 is 47.3 Å². The Kier molecular flexibility index (Phi) is 16.2. The molecule has 1 saturated heterocycles. The molecule has 1 rings (SSSR count). The van der Waals surface area contributed by atoms with E-state index in [0.717, 1.165) is 18.7 Å². The van der Waals surface area contributed by atoms with Gasteiger partial charge < -0.3 is 56.5 Å². The second-order valence-corrected chi connectivity index (χ2v) is 10.8. The van der Waals surface area contributed by atoms with Gasteiger partial charge in [0.2, 0.25) is 18.1 Å². The van der Waals surface area contributed by atoms with E-state index in [9.17, 15) is 49.2 Å².